The molecule has 1 rings (SSSR count). The average molecular weight is 192 g/mol. The molecule has 0 atom stereocenters. The Morgan fingerprint density at radius 1 is 1.15 bits per heavy atom. The Balaban J connectivity index is 2.16. The zero-order chi connectivity index (χ0) is 9.90. The topological polar surface area (TPSA) is 6.48 Å². The molecule has 1 fully saturated rings. The smallest absolute Gasteiger partial charge is 0.246 e. The van der Waals surface area contributed by atoms with E-state index in [9.17, 15) is 8.78 Å². The lowest BCUT2D eigenvalue weighted by atomic mass is 10.2. The van der Waals surface area contributed by atoms with Crippen molar-refractivity contribution in [1.29, 1.82) is 0 Å². The van der Waals surface area contributed by atoms with Gasteiger partial charge in [0.2, 0.25) is 5.92 Å². The molecule has 0 aromatic rings. The van der Waals surface area contributed by atoms with Gasteiger partial charge in [-0.25, -0.2) is 8.78 Å². The molecule has 0 saturated carbocycles. The summed E-state index contributed by atoms with van der Waals surface area (Å²) in [5.74, 6) is -2.51. The van der Waals surface area contributed by atoms with Crippen molar-refractivity contribution in [2.24, 2.45) is 0 Å². The van der Waals surface area contributed by atoms with Crippen LogP contribution in [-0.2, 0) is 0 Å². The summed E-state index contributed by atoms with van der Waals surface area (Å²) in [6, 6.07) is 0. The first-order valence-electron chi connectivity index (χ1n) is 4.76. The van der Waals surface area contributed by atoms with E-state index in [0.717, 1.165) is 33.1 Å². The summed E-state index contributed by atoms with van der Waals surface area (Å²) >= 11 is 0. The normalized spacial score (nSPS) is 22.2. The summed E-state index contributed by atoms with van der Waals surface area (Å²) in [5, 5.41) is 0. The van der Waals surface area contributed by atoms with Crippen LogP contribution in [0.2, 0.25) is 0 Å². The Morgan fingerprint density at radius 2 is 1.69 bits per heavy atom. The molecule has 0 unspecified atom stereocenters. The number of piperazine rings is 1. The first-order valence-corrected chi connectivity index (χ1v) is 4.76. The fourth-order valence-corrected chi connectivity index (χ4v) is 1.43. The first-order chi connectivity index (χ1) is 5.97. The summed E-state index contributed by atoms with van der Waals surface area (Å²) in [4.78, 5) is 4.33. The Morgan fingerprint density at radius 3 is 2.15 bits per heavy atom. The van der Waals surface area contributed by atoms with Crippen LogP contribution in [0.15, 0.2) is 0 Å². The van der Waals surface area contributed by atoms with Crippen LogP contribution in [0.3, 0.4) is 0 Å². The average Bonchev–Trinajstić information content (AvgIpc) is 2.02. The van der Waals surface area contributed by atoms with Crippen LogP contribution in [0.25, 0.3) is 0 Å². The highest BCUT2D eigenvalue weighted by Gasteiger charge is 2.23. The molecular weight excluding hydrogens is 174 g/mol. The molecule has 0 spiro atoms. The highest BCUT2D eigenvalue weighted by molar-refractivity contribution is 4.71. The second-order valence-electron chi connectivity index (χ2n) is 3.97. The van der Waals surface area contributed by atoms with Crippen molar-refractivity contribution in [3.8, 4) is 0 Å². The highest BCUT2D eigenvalue weighted by atomic mass is 19.3. The van der Waals surface area contributed by atoms with Crippen LogP contribution < -0.4 is 0 Å². The quantitative estimate of drug-likeness (QED) is 0.664. The van der Waals surface area contributed by atoms with Crippen molar-refractivity contribution in [1.82, 2.24) is 9.80 Å². The monoisotopic (exact) mass is 192 g/mol. The van der Waals surface area contributed by atoms with Crippen molar-refractivity contribution in [2.75, 3.05) is 39.8 Å². The number of hydrogen-bond donors (Lipinski definition) is 0. The van der Waals surface area contributed by atoms with E-state index in [0.29, 0.717) is 6.54 Å². The molecule has 0 bridgehead atoms. The fourth-order valence-electron chi connectivity index (χ4n) is 1.43. The van der Waals surface area contributed by atoms with Crippen molar-refractivity contribution in [3.63, 3.8) is 0 Å². The van der Waals surface area contributed by atoms with Gasteiger partial charge >= 0.3 is 0 Å². The minimum atomic E-state index is -2.51. The van der Waals surface area contributed by atoms with Gasteiger partial charge in [-0.3, -0.25) is 0 Å². The molecular formula is C9H18F2N2. The molecule has 78 valence electrons. The first kappa shape index (κ1) is 10.9. The third-order valence-corrected chi connectivity index (χ3v) is 2.46. The lowest BCUT2D eigenvalue weighted by Gasteiger charge is -2.32. The van der Waals surface area contributed by atoms with Gasteiger partial charge in [-0.2, -0.15) is 0 Å². The Hall–Kier alpha value is -0.220. The van der Waals surface area contributed by atoms with Gasteiger partial charge in [0.05, 0.1) is 0 Å². The minimum Gasteiger partial charge on any atom is -0.304 e. The molecule has 4 heteroatoms. The molecule has 0 N–H and O–H groups in total. The maximum atomic E-state index is 12.5. The van der Waals surface area contributed by atoms with Gasteiger partial charge in [-0.15, -0.1) is 0 Å². The van der Waals surface area contributed by atoms with Crippen LogP contribution in [-0.4, -0.2) is 55.5 Å². The van der Waals surface area contributed by atoms with Gasteiger partial charge in [-0.1, -0.05) is 0 Å². The van der Waals surface area contributed by atoms with Crippen molar-refractivity contribution >= 4 is 0 Å². The predicted octanol–water partition coefficient (Wildman–Crippen LogP) is 1.28. The largest absolute Gasteiger partial charge is 0.304 e. The zero-order valence-corrected chi connectivity index (χ0v) is 8.39. The molecule has 1 aliphatic rings. The van der Waals surface area contributed by atoms with E-state index >= 15 is 0 Å². The molecule has 13 heavy (non-hydrogen) atoms. The minimum absolute atomic E-state index is 0.0171. The van der Waals surface area contributed by atoms with E-state index in [1.54, 1.807) is 0 Å². The highest BCUT2D eigenvalue weighted by Crippen LogP contribution is 2.17. The van der Waals surface area contributed by atoms with Gasteiger partial charge in [0.25, 0.3) is 0 Å². The van der Waals surface area contributed by atoms with Gasteiger partial charge < -0.3 is 9.80 Å². The Bertz CT molecular complexity index is 148. The number of alkyl halides is 2. The molecule has 2 nitrogen and oxygen atoms in total. The molecule has 0 amide bonds. The Labute approximate surface area is 78.5 Å². The van der Waals surface area contributed by atoms with E-state index < -0.39 is 5.92 Å². The van der Waals surface area contributed by atoms with Crippen LogP contribution in [0.1, 0.15) is 13.3 Å². The third-order valence-electron chi connectivity index (χ3n) is 2.46. The zero-order valence-electron chi connectivity index (χ0n) is 8.39. The van der Waals surface area contributed by atoms with E-state index in [1.165, 1.54) is 0 Å². The van der Waals surface area contributed by atoms with Gasteiger partial charge in [0.1, 0.15) is 0 Å². The van der Waals surface area contributed by atoms with Crippen LogP contribution in [0.4, 0.5) is 8.78 Å². The van der Waals surface area contributed by atoms with Gasteiger partial charge in [0, 0.05) is 39.1 Å². The predicted molar refractivity (Wildman–Crippen MR) is 49.2 cm³/mol. The maximum absolute atomic E-state index is 12.5. The summed E-state index contributed by atoms with van der Waals surface area (Å²) < 4.78 is 25.0. The van der Waals surface area contributed by atoms with Crippen LogP contribution in [0, 0.1) is 0 Å². The molecule has 0 aliphatic carbocycles. The second-order valence-corrected chi connectivity index (χ2v) is 3.97. The fraction of sp³-hybridized carbons (Fsp3) is 1.00. The summed E-state index contributed by atoms with van der Waals surface area (Å²) in [5.41, 5.74) is 0. The van der Waals surface area contributed by atoms with E-state index in [4.69, 9.17) is 0 Å². The second kappa shape index (κ2) is 4.33. The SMILES string of the molecule is CN1CCN(CCC(C)(F)F)CC1. The molecule has 1 saturated heterocycles. The maximum Gasteiger partial charge on any atom is 0.246 e. The standard InChI is InChI=1S/C9H18F2N2/c1-9(10,11)3-4-13-7-5-12(2)6-8-13/h3-8H2,1-2H3. The molecule has 0 aromatic carbocycles. The number of halogens is 2. The van der Waals surface area contributed by atoms with Crippen LogP contribution in [0.5, 0.6) is 0 Å². The number of hydrogen-bond acceptors (Lipinski definition) is 2. The Kier molecular flexibility index (Phi) is 3.62. The number of likely N-dealkylation sites (N-methyl/N-ethyl adjacent to an activating group) is 1. The summed E-state index contributed by atoms with van der Waals surface area (Å²) in [6.45, 7) is 5.35. The van der Waals surface area contributed by atoms with E-state index in [2.05, 4.69) is 16.8 Å². The lowest BCUT2D eigenvalue weighted by molar-refractivity contribution is -0.000565. The molecule has 1 aliphatic heterocycles. The van der Waals surface area contributed by atoms with Crippen molar-refractivity contribution in [3.05, 3.63) is 0 Å². The molecule has 1 heterocycles. The van der Waals surface area contributed by atoms with Crippen molar-refractivity contribution in [2.45, 2.75) is 19.3 Å². The van der Waals surface area contributed by atoms with Crippen molar-refractivity contribution < 1.29 is 8.78 Å². The van der Waals surface area contributed by atoms with E-state index in [-0.39, 0.29) is 6.42 Å². The van der Waals surface area contributed by atoms with Gasteiger partial charge in [-0.05, 0) is 14.0 Å². The number of nitrogens with zero attached hydrogens (tertiary/aromatic N) is 2. The van der Waals surface area contributed by atoms with Gasteiger partial charge in [0.15, 0.2) is 0 Å². The third kappa shape index (κ3) is 4.52. The number of rotatable bonds is 3. The van der Waals surface area contributed by atoms with Crippen LogP contribution >= 0.6 is 0 Å². The lowest BCUT2D eigenvalue weighted by Crippen LogP contribution is -2.45. The molecule has 0 aromatic heterocycles. The summed E-state index contributed by atoms with van der Waals surface area (Å²) in [6.07, 6.45) is -0.0171. The molecule has 0 radical (unpaired) electrons. The van der Waals surface area contributed by atoms with E-state index in [1.807, 2.05) is 0 Å². The summed E-state index contributed by atoms with van der Waals surface area (Å²) in [7, 11) is 2.06.